The van der Waals surface area contributed by atoms with Gasteiger partial charge in [-0.05, 0) is 50.3 Å². The van der Waals surface area contributed by atoms with Crippen molar-refractivity contribution in [2.45, 2.75) is 12.8 Å². The van der Waals surface area contributed by atoms with Gasteiger partial charge in [-0.15, -0.1) is 0 Å². The van der Waals surface area contributed by atoms with Crippen LogP contribution in [0.1, 0.15) is 22.3 Å². The van der Waals surface area contributed by atoms with Crippen molar-refractivity contribution in [3.8, 4) is 5.75 Å². The van der Waals surface area contributed by atoms with Gasteiger partial charge in [0.2, 0.25) is 0 Å². The summed E-state index contributed by atoms with van der Waals surface area (Å²) in [5.41, 5.74) is 1.95. The zero-order chi connectivity index (χ0) is 18.9. The lowest BCUT2D eigenvalue weighted by atomic mass is 10.1. The second kappa shape index (κ2) is 9.58. The predicted molar refractivity (Wildman–Crippen MR) is 101 cm³/mol. The van der Waals surface area contributed by atoms with E-state index in [4.69, 9.17) is 9.84 Å². The van der Waals surface area contributed by atoms with E-state index in [2.05, 4.69) is 5.32 Å². The summed E-state index contributed by atoms with van der Waals surface area (Å²) in [6, 6.07) is 14.3. The molecule has 0 saturated carbocycles. The number of aliphatic carboxylic acids is 1. The molecule has 2 rings (SSSR count). The number of carbonyl (C=O) groups is 2. The van der Waals surface area contributed by atoms with Crippen molar-refractivity contribution in [3.05, 3.63) is 59.7 Å². The van der Waals surface area contributed by atoms with Crippen LogP contribution in [0.4, 0.5) is 5.69 Å². The van der Waals surface area contributed by atoms with Crippen molar-refractivity contribution < 1.29 is 19.4 Å². The number of likely N-dealkylation sites (N-methyl/N-ethyl adjacent to an activating group) is 1. The van der Waals surface area contributed by atoms with Crippen LogP contribution >= 0.6 is 0 Å². The molecule has 0 aliphatic carbocycles. The molecule has 0 aliphatic rings. The zero-order valence-corrected chi connectivity index (χ0v) is 15.1. The van der Waals surface area contributed by atoms with Gasteiger partial charge in [-0.1, -0.05) is 24.3 Å². The van der Waals surface area contributed by atoms with Crippen molar-refractivity contribution in [2.75, 3.05) is 32.6 Å². The van der Waals surface area contributed by atoms with Gasteiger partial charge in [0.15, 0.2) is 0 Å². The minimum Gasteiger partial charge on any atom is -0.491 e. The van der Waals surface area contributed by atoms with Gasteiger partial charge in [0.25, 0.3) is 5.91 Å². The van der Waals surface area contributed by atoms with Gasteiger partial charge < -0.3 is 20.1 Å². The van der Waals surface area contributed by atoms with Crippen LogP contribution in [-0.4, -0.2) is 49.1 Å². The van der Waals surface area contributed by atoms with Crippen molar-refractivity contribution >= 4 is 17.6 Å². The highest BCUT2D eigenvalue weighted by atomic mass is 16.5. The van der Waals surface area contributed by atoms with Crippen LogP contribution in [0.5, 0.6) is 5.75 Å². The molecule has 138 valence electrons. The number of nitrogens with zero attached hydrogens (tertiary/aromatic N) is 1. The fourth-order valence-electron chi connectivity index (χ4n) is 2.37. The summed E-state index contributed by atoms with van der Waals surface area (Å²) in [6.45, 7) is 1.24. The van der Waals surface area contributed by atoms with Gasteiger partial charge in [0.1, 0.15) is 12.4 Å². The highest BCUT2D eigenvalue weighted by Crippen LogP contribution is 2.20. The average Bonchev–Trinajstić information content (AvgIpc) is 2.60. The number of hydrogen-bond donors (Lipinski definition) is 2. The van der Waals surface area contributed by atoms with E-state index in [0.717, 1.165) is 12.1 Å². The predicted octanol–water partition coefficient (Wildman–Crippen LogP) is 2.90. The van der Waals surface area contributed by atoms with Crippen LogP contribution in [0.2, 0.25) is 0 Å². The number of benzene rings is 2. The molecule has 0 unspecified atom stereocenters. The minimum atomic E-state index is -0.844. The van der Waals surface area contributed by atoms with Gasteiger partial charge >= 0.3 is 5.97 Å². The van der Waals surface area contributed by atoms with Crippen LogP contribution in [0.3, 0.4) is 0 Å². The Morgan fingerprint density at radius 2 is 1.88 bits per heavy atom. The molecule has 2 aromatic carbocycles. The Morgan fingerprint density at radius 3 is 2.62 bits per heavy atom. The first-order valence-electron chi connectivity index (χ1n) is 8.44. The quantitative estimate of drug-likeness (QED) is 0.722. The van der Waals surface area contributed by atoms with Crippen LogP contribution in [0.25, 0.3) is 0 Å². The normalized spacial score (nSPS) is 10.6. The van der Waals surface area contributed by atoms with Gasteiger partial charge in [-0.3, -0.25) is 9.59 Å². The molecule has 0 radical (unpaired) electrons. The number of rotatable bonds is 9. The molecule has 0 saturated heterocycles. The fraction of sp³-hybridized carbons (Fsp3) is 0.300. The first-order valence-corrected chi connectivity index (χ1v) is 8.44. The molecule has 1 amide bonds. The number of amides is 1. The third kappa shape index (κ3) is 6.22. The SMILES string of the molecule is CN(C)CCOc1ccccc1C(=O)Nc1cccc(CCC(=O)O)c1. The Bertz CT molecular complexity index is 759. The molecule has 0 heterocycles. The molecule has 0 atom stereocenters. The number of nitrogens with one attached hydrogen (secondary N) is 1. The summed E-state index contributed by atoms with van der Waals surface area (Å²) in [5, 5.41) is 11.6. The summed E-state index contributed by atoms with van der Waals surface area (Å²) >= 11 is 0. The smallest absolute Gasteiger partial charge is 0.303 e. The molecule has 0 fully saturated rings. The number of para-hydroxylation sites is 1. The third-order valence-electron chi connectivity index (χ3n) is 3.74. The van der Waals surface area contributed by atoms with E-state index in [1.165, 1.54) is 0 Å². The Labute approximate surface area is 153 Å². The van der Waals surface area contributed by atoms with Crippen molar-refractivity contribution in [1.29, 1.82) is 0 Å². The maximum atomic E-state index is 12.6. The molecule has 26 heavy (non-hydrogen) atoms. The van der Waals surface area contributed by atoms with Crippen molar-refractivity contribution in [2.24, 2.45) is 0 Å². The van der Waals surface area contributed by atoms with E-state index in [9.17, 15) is 9.59 Å². The molecule has 0 bridgehead atoms. The highest BCUT2D eigenvalue weighted by molar-refractivity contribution is 6.06. The van der Waals surface area contributed by atoms with Gasteiger partial charge in [0.05, 0.1) is 5.56 Å². The number of carboxylic acids is 1. The Balaban J connectivity index is 2.05. The van der Waals surface area contributed by atoms with E-state index in [1.807, 2.05) is 31.1 Å². The average molecular weight is 356 g/mol. The largest absolute Gasteiger partial charge is 0.491 e. The monoisotopic (exact) mass is 356 g/mol. The van der Waals surface area contributed by atoms with Crippen molar-refractivity contribution in [3.63, 3.8) is 0 Å². The maximum Gasteiger partial charge on any atom is 0.303 e. The highest BCUT2D eigenvalue weighted by Gasteiger charge is 2.13. The third-order valence-corrected chi connectivity index (χ3v) is 3.74. The van der Waals surface area contributed by atoms with Gasteiger partial charge in [0, 0.05) is 18.7 Å². The van der Waals surface area contributed by atoms with Crippen molar-refractivity contribution in [1.82, 2.24) is 4.90 Å². The van der Waals surface area contributed by atoms with Crippen LogP contribution in [0, 0.1) is 0 Å². The number of aryl methyl sites for hydroxylation is 1. The summed E-state index contributed by atoms with van der Waals surface area (Å²) in [6.07, 6.45) is 0.475. The number of anilines is 1. The Kier molecular flexibility index (Phi) is 7.17. The van der Waals surface area contributed by atoms with Gasteiger partial charge in [-0.25, -0.2) is 0 Å². The number of ether oxygens (including phenoxy) is 1. The molecule has 2 N–H and O–H groups in total. The Morgan fingerprint density at radius 1 is 1.12 bits per heavy atom. The zero-order valence-electron chi connectivity index (χ0n) is 15.1. The first kappa shape index (κ1) is 19.5. The minimum absolute atomic E-state index is 0.0555. The molecular weight excluding hydrogens is 332 g/mol. The molecule has 2 aromatic rings. The fourth-order valence-corrected chi connectivity index (χ4v) is 2.37. The number of hydrogen-bond acceptors (Lipinski definition) is 4. The molecular formula is C20H24N2O4. The lowest BCUT2D eigenvalue weighted by Gasteiger charge is -2.14. The van der Waals surface area contributed by atoms with Crippen LogP contribution in [0.15, 0.2) is 48.5 Å². The maximum absolute atomic E-state index is 12.6. The lowest BCUT2D eigenvalue weighted by molar-refractivity contribution is -0.136. The second-order valence-electron chi connectivity index (χ2n) is 6.20. The Hall–Kier alpha value is -2.86. The number of carboxylic acid groups (broad SMARTS) is 1. The summed E-state index contributed by atoms with van der Waals surface area (Å²) < 4.78 is 5.73. The van der Waals surface area contributed by atoms with E-state index in [0.29, 0.717) is 30.0 Å². The van der Waals surface area contributed by atoms with E-state index < -0.39 is 5.97 Å². The van der Waals surface area contributed by atoms with E-state index >= 15 is 0 Å². The molecule has 0 aromatic heterocycles. The molecule has 6 nitrogen and oxygen atoms in total. The van der Waals surface area contributed by atoms with Crippen LogP contribution < -0.4 is 10.1 Å². The standard InChI is InChI=1S/C20H24N2O4/c1-22(2)12-13-26-18-9-4-3-8-17(18)20(25)21-16-7-5-6-15(14-16)10-11-19(23)24/h3-9,14H,10-13H2,1-2H3,(H,21,25)(H,23,24). The lowest BCUT2D eigenvalue weighted by Crippen LogP contribution is -2.20. The van der Waals surface area contributed by atoms with Gasteiger partial charge in [-0.2, -0.15) is 0 Å². The first-order chi connectivity index (χ1) is 12.5. The molecule has 6 heteroatoms. The molecule has 0 spiro atoms. The van der Waals surface area contributed by atoms with E-state index in [-0.39, 0.29) is 12.3 Å². The summed E-state index contributed by atoms with van der Waals surface area (Å²) in [4.78, 5) is 25.3. The topological polar surface area (TPSA) is 78.9 Å². The molecule has 0 aliphatic heterocycles. The second-order valence-corrected chi connectivity index (χ2v) is 6.20. The van der Waals surface area contributed by atoms with Crippen LogP contribution in [-0.2, 0) is 11.2 Å². The summed E-state index contributed by atoms with van der Waals surface area (Å²) in [7, 11) is 3.92. The summed E-state index contributed by atoms with van der Waals surface area (Å²) in [5.74, 6) is -0.571. The number of carbonyl (C=O) groups excluding carboxylic acids is 1. The van der Waals surface area contributed by atoms with E-state index in [1.54, 1.807) is 36.4 Å².